The molecule has 1 atom stereocenters. The molecule has 0 aromatic heterocycles. The van der Waals surface area contributed by atoms with E-state index in [0.717, 1.165) is 38.6 Å². The normalized spacial score (nSPS) is 12.7. The van der Waals surface area contributed by atoms with Crippen LogP contribution in [0.25, 0.3) is 0 Å². The summed E-state index contributed by atoms with van der Waals surface area (Å²) in [6, 6.07) is 2.88. The van der Waals surface area contributed by atoms with Gasteiger partial charge >= 0.3 is 0 Å². The molecule has 0 bridgehead atoms. The lowest BCUT2D eigenvalue weighted by atomic mass is 9.99. The standard InChI is InChI=1S/C16H24BrF2N/c1-3-5-6-7-12(20-10-4-2)11-13-15(18)9-8-14(17)16(13)19/h8-9,12,20H,3-7,10-11H2,1-2H3. The van der Waals surface area contributed by atoms with Crippen LogP contribution in [0.3, 0.4) is 0 Å². The third-order valence-corrected chi connectivity index (χ3v) is 4.04. The zero-order chi connectivity index (χ0) is 15.0. The van der Waals surface area contributed by atoms with E-state index < -0.39 is 11.6 Å². The fraction of sp³-hybridized carbons (Fsp3) is 0.625. The van der Waals surface area contributed by atoms with Gasteiger partial charge in [0.15, 0.2) is 0 Å². The lowest BCUT2D eigenvalue weighted by molar-refractivity contribution is 0.438. The van der Waals surface area contributed by atoms with Crippen molar-refractivity contribution < 1.29 is 8.78 Å². The molecule has 0 amide bonds. The maximum Gasteiger partial charge on any atom is 0.143 e. The Morgan fingerprint density at radius 2 is 1.90 bits per heavy atom. The predicted octanol–water partition coefficient (Wildman–Crippen LogP) is 5.22. The number of halogens is 3. The van der Waals surface area contributed by atoms with E-state index in [4.69, 9.17) is 0 Å². The number of hydrogen-bond donors (Lipinski definition) is 1. The van der Waals surface area contributed by atoms with Crippen LogP contribution in [0.1, 0.15) is 51.5 Å². The second-order valence-corrected chi connectivity index (χ2v) is 6.03. The van der Waals surface area contributed by atoms with Crippen molar-refractivity contribution in [1.82, 2.24) is 5.32 Å². The summed E-state index contributed by atoms with van der Waals surface area (Å²) in [6.45, 7) is 5.13. The van der Waals surface area contributed by atoms with Crippen molar-refractivity contribution in [1.29, 1.82) is 0 Å². The highest BCUT2D eigenvalue weighted by Gasteiger charge is 2.17. The molecule has 4 heteroatoms. The fourth-order valence-electron chi connectivity index (χ4n) is 2.27. The van der Waals surface area contributed by atoms with Gasteiger partial charge in [-0.05, 0) is 53.9 Å². The Balaban J connectivity index is 2.74. The van der Waals surface area contributed by atoms with Crippen LogP contribution in [-0.4, -0.2) is 12.6 Å². The van der Waals surface area contributed by atoms with Crippen LogP contribution in [0, 0.1) is 11.6 Å². The SMILES string of the molecule is CCCCCC(Cc1c(F)ccc(Br)c1F)NCCC. The van der Waals surface area contributed by atoms with E-state index >= 15 is 0 Å². The first-order valence-corrected chi connectivity index (χ1v) is 8.25. The van der Waals surface area contributed by atoms with Crippen LogP contribution in [0.5, 0.6) is 0 Å². The Kier molecular flexibility index (Phi) is 8.31. The molecular formula is C16H24BrF2N. The molecule has 1 rings (SSSR count). The van der Waals surface area contributed by atoms with E-state index in [1.54, 1.807) is 0 Å². The molecule has 0 radical (unpaired) electrons. The summed E-state index contributed by atoms with van der Waals surface area (Å²) >= 11 is 3.12. The van der Waals surface area contributed by atoms with Gasteiger partial charge in [-0.2, -0.15) is 0 Å². The minimum absolute atomic E-state index is 0.139. The monoisotopic (exact) mass is 347 g/mol. The van der Waals surface area contributed by atoms with E-state index in [1.807, 2.05) is 0 Å². The number of hydrogen-bond acceptors (Lipinski definition) is 1. The molecule has 1 aromatic rings. The van der Waals surface area contributed by atoms with Crippen molar-refractivity contribution in [3.8, 4) is 0 Å². The number of nitrogens with one attached hydrogen (secondary N) is 1. The first kappa shape index (κ1) is 17.6. The topological polar surface area (TPSA) is 12.0 Å². The van der Waals surface area contributed by atoms with Crippen LogP contribution in [0.4, 0.5) is 8.78 Å². The summed E-state index contributed by atoms with van der Waals surface area (Å²) in [5.41, 5.74) is 0.185. The quantitative estimate of drug-likeness (QED) is 0.477. The van der Waals surface area contributed by atoms with Crippen LogP contribution in [0.15, 0.2) is 16.6 Å². The van der Waals surface area contributed by atoms with Crippen molar-refractivity contribution >= 4 is 15.9 Å². The Hall–Kier alpha value is -0.480. The molecule has 1 N–H and O–H groups in total. The predicted molar refractivity (Wildman–Crippen MR) is 84.0 cm³/mol. The summed E-state index contributed by atoms with van der Waals surface area (Å²) in [5.74, 6) is -0.923. The van der Waals surface area contributed by atoms with Crippen LogP contribution in [0.2, 0.25) is 0 Å². The lowest BCUT2D eigenvalue weighted by Crippen LogP contribution is -2.32. The number of rotatable bonds is 9. The third-order valence-electron chi connectivity index (χ3n) is 3.43. The van der Waals surface area contributed by atoms with Crippen molar-refractivity contribution in [3.63, 3.8) is 0 Å². The number of benzene rings is 1. The van der Waals surface area contributed by atoms with E-state index in [-0.39, 0.29) is 11.6 Å². The van der Waals surface area contributed by atoms with Gasteiger partial charge in [0.25, 0.3) is 0 Å². The fourth-order valence-corrected chi connectivity index (χ4v) is 2.64. The van der Waals surface area contributed by atoms with E-state index in [9.17, 15) is 8.78 Å². The van der Waals surface area contributed by atoms with E-state index in [0.29, 0.717) is 10.9 Å². The smallest absolute Gasteiger partial charge is 0.143 e. The molecule has 0 heterocycles. The largest absolute Gasteiger partial charge is 0.314 e. The molecule has 0 spiro atoms. The van der Waals surface area contributed by atoms with Gasteiger partial charge in [-0.15, -0.1) is 0 Å². The van der Waals surface area contributed by atoms with Crippen molar-refractivity contribution in [3.05, 3.63) is 33.8 Å². The molecule has 1 nitrogen and oxygen atoms in total. The van der Waals surface area contributed by atoms with Crippen LogP contribution >= 0.6 is 15.9 Å². The summed E-state index contributed by atoms with van der Waals surface area (Å²) in [7, 11) is 0. The molecule has 0 saturated carbocycles. The highest BCUT2D eigenvalue weighted by Crippen LogP contribution is 2.23. The van der Waals surface area contributed by atoms with Gasteiger partial charge in [-0.1, -0.05) is 33.1 Å². The van der Waals surface area contributed by atoms with Crippen LogP contribution in [-0.2, 0) is 6.42 Å². The van der Waals surface area contributed by atoms with Crippen molar-refractivity contribution in [2.45, 2.75) is 58.4 Å². The molecule has 0 aliphatic carbocycles. The van der Waals surface area contributed by atoms with Gasteiger partial charge in [0.05, 0.1) is 4.47 Å². The average Bonchev–Trinajstić information content (AvgIpc) is 2.44. The Bertz CT molecular complexity index is 410. The van der Waals surface area contributed by atoms with Gasteiger partial charge in [-0.3, -0.25) is 0 Å². The minimum Gasteiger partial charge on any atom is -0.314 e. The second kappa shape index (κ2) is 9.46. The molecular weight excluding hydrogens is 324 g/mol. The van der Waals surface area contributed by atoms with E-state index in [2.05, 4.69) is 35.1 Å². The van der Waals surface area contributed by atoms with Crippen LogP contribution < -0.4 is 5.32 Å². The maximum atomic E-state index is 14.0. The van der Waals surface area contributed by atoms with Crippen molar-refractivity contribution in [2.24, 2.45) is 0 Å². The Labute approximate surface area is 129 Å². The summed E-state index contributed by atoms with van der Waals surface area (Å²) in [5, 5.41) is 3.40. The summed E-state index contributed by atoms with van der Waals surface area (Å²) in [6.07, 6.45) is 5.79. The number of unbranched alkanes of at least 4 members (excludes halogenated alkanes) is 2. The van der Waals surface area contributed by atoms with Gasteiger partial charge in [0.2, 0.25) is 0 Å². The second-order valence-electron chi connectivity index (χ2n) is 5.17. The third kappa shape index (κ3) is 5.49. The molecule has 0 saturated heterocycles. The first-order valence-electron chi connectivity index (χ1n) is 7.45. The van der Waals surface area contributed by atoms with Gasteiger partial charge in [0.1, 0.15) is 11.6 Å². The zero-order valence-electron chi connectivity index (χ0n) is 12.3. The summed E-state index contributed by atoms with van der Waals surface area (Å²) < 4.78 is 28.2. The average molecular weight is 348 g/mol. The molecule has 0 fully saturated rings. The molecule has 0 aliphatic rings. The zero-order valence-corrected chi connectivity index (χ0v) is 13.9. The highest BCUT2D eigenvalue weighted by atomic mass is 79.9. The van der Waals surface area contributed by atoms with Gasteiger partial charge in [-0.25, -0.2) is 8.78 Å². The van der Waals surface area contributed by atoms with Gasteiger partial charge in [0, 0.05) is 11.6 Å². The molecule has 114 valence electrons. The summed E-state index contributed by atoms with van der Waals surface area (Å²) in [4.78, 5) is 0. The lowest BCUT2D eigenvalue weighted by Gasteiger charge is -2.19. The molecule has 20 heavy (non-hydrogen) atoms. The first-order chi connectivity index (χ1) is 9.60. The minimum atomic E-state index is -0.469. The van der Waals surface area contributed by atoms with Crippen molar-refractivity contribution in [2.75, 3.05) is 6.54 Å². The van der Waals surface area contributed by atoms with Gasteiger partial charge < -0.3 is 5.32 Å². The molecule has 1 aromatic carbocycles. The van der Waals surface area contributed by atoms with E-state index in [1.165, 1.54) is 12.1 Å². The Morgan fingerprint density at radius 1 is 1.15 bits per heavy atom. The molecule has 0 aliphatic heterocycles. The molecule has 1 unspecified atom stereocenters. The Morgan fingerprint density at radius 3 is 2.55 bits per heavy atom. The maximum absolute atomic E-state index is 14.0. The highest BCUT2D eigenvalue weighted by molar-refractivity contribution is 9.10.